The molecule has 4 rings (SSSR count). The highest BCUT2D eigenvalue weighted by Gasteiger charge is 2.22. The van der Waals surface area contributed by atoms with Crippen molar-refractivity contribution in [3.05, 3.63) is 59.7 Å². The minimum Gasteiger partial charge on any atom is -0.300 e. The molecule has 2 aromatic rings. The van der Waals surface area contributed by atoms with Crippen molar-refractivity contribution in [2.75, 3.05) is 0 Å². The third-order valence-corrected chi connectivity index (χ3v) is 7.70. The van der Waals surface area contributed by atoms with Crippen LogP contribution in [0.2, 0.25) is 0 Å². The zero-order chi connectivity index (χ0) is 20.8. The highest BCUT2D eigenvalue weighted by atomic mass is 16.1. The summed E-state index contributed by atoms with van der Waals surface area (Å²) in [5.41, 5.74) is 5.56. The Bertz CT molecular complexity index is 783. The summed E-state index contributed by atoms with van der Waals surface area (Å²) in [5, 5.41) is 0. The molecule has 0 bridgehead atoms. The molecule has 1 heteroatoms. The lowest BCUT2D eigenvalue weighted by Crippen LogP contribution is -2.13. The number of benzene rings is 2. The van der Waals surface area contributed by atoms with Crippen LogP contribution < -0.4 is 0 Å². The van der Waals surface area contributed by atoms with Crippen LogP contribution in [0.3, 0.4) is 0 Å². The first kappa shape index (κ1) is 21.3. The van der Waals surface area contributed by atoms with Gasteiger partial charge < -0.3 is 0 Å². The van der Waals surface area contributed by atoms with Gasteiger partial charge in [-0.25, -0.2) is 0 Å². The van der Waals surface area contributed by atoms with Gasteiger partial charge in [-0.05, 0) is 78.5 Å². The van der Waals surface area contributed by atoms with Crippen molar-refractivity contribution in [3.8, 4) is 11.1 Å². The molecule has 0 spiro atoms. The van der Waals surface area contributed by atoms with Crippen LogP contribution in [-0.4, -0.2) is 5.78 Å². The smallest absolute Gasteiger partial charge is 0.132 e. The monoisotopic (exact) mass is 402 g/mol. The minimum atomic E-state index is 0.438. The molecule has 0 radical (unpaired) electrons. The third-order valence-electron chi connectivity index (χ3n) is 7.70. The van der Waals surface area contributed by atoms with E-state index in [9.17, 15) is 4.79 Å². The Balaban J connectivity index is 1.32. The standard InChI is InChI=1S/C29H38O/c1-2-3-4-5-22-6-8-23(9-7-22)24-10-12-25(13-11-24)26-14-16-27(17-15-26)28-18-20-29(30)21-19-28/h10-17,22-23,28H,2-9,18-21H2,1H3. The van der Waals surface area contributed by atoms with Crippen LogP contribution in [0.15, 0.2) is 48.5 Å². The molecule has 0 saturated heterocycles. The highest BCUT2D eigenvalue weighted by Crippen LogP contribution is 2.38. The van der Waals surface area contributed by atoms with E-state index in [0.29, 0.717) is 11.7 Å². The van der Waals surface area contributed by atoms with Crippen LogP contribution >= 0.6 is 0 Å². The third kappa shape index (κ3) is 5.42. The number of hydrogen-bond donors (Lipinski definition) is 0. The molecule has 2 saturated carbocycles. The number of hydrogen-bond acceptors (Lipinski definition) is 1. The Morgan fingerprint density at radius 1 is 0.667 bits per heavy atom. The van der Waals surface area contributed by atoms with E-state index in [1.807, 2.05) is 0 Å². The summed E-state index contributed by atoms with van der Waals surface area (Å²) in [6.45, 7) is 2.30. The number of carbonyl (C=O) groups excluding carboxylic acids is 1. The number of unbranched alkanes of at least 4 members (excludes halogenated alkanes) is 2. The van der Waals surface area contributed by atoms with Gasteiger partial charge in [-0.1, -0.05) is 81.1 Å². The lowest BCUT2D eigenvalue weighted by molar-refractivity contribution is -0.120. The lowest BCUT2D eigenvalue weighted by atomic mass is 9.77. The first-order chi connectivity index (χ1) is 14.7. The van der Waals surface area contributed by atoms with Crippen LogP contribution in [0.5, 0.6) is 0 Å². The summed E-state index contributed by atoms with van der Waals surface area (Å²) < 4.78 is 0. The lowest BCUT2D eigenvalue weighted by Gasteiger charge is -2.29. The van der Waals surface area contributed by atoms with Crippen molar-refractivity contribution in [3.63, 3.8) is 0 Å². The van der Waals surface area contributed by atoms with E-state index in [0.717, 1.165) is 37.5 Å². The molecule has 160 valence electrons. The molecular weight excluding hydrogens is 364 g/mol. The van der Waals surface area contributed by atoms with Gasteiger partial charge in [-0.3, -0.25) is 4.79 Å². The van der Waals surface area contributed by atoms with E-state index in [4.69, 9.17) is 0 Å². The molecule has 2 aliphatic carbocycles. The van der Waals surface area contributed by atoms with Crippen molar-refractivity contribution in [2.45, 2.75) is 95.8 Å². The number of carbonyl (C=O) groups is 1. The Morgan fingerprint density at radius 2 is 1.17 bits per heavy atom. The van der Waals surface area contributed by atoms with E-state index in [1.165, 1.54) is 73.6 Å². The van der Waals surface area contributed by atoms with Gasteiger partial charge in [-0.2, -0.15) is 0 Å². The van der Waals surface area contributed by atoms with E-state index in [2.05, 4.69) is 55.5 Å². The summed E-state index contributed by atoms with van der Waals surface area (Å²) in [5.74, 6) is 2.75. The summed E-state index contributed by atoms with van der Waals surface area (Å²) >= 11 is 0. The van der Waals surface area contributed by atoms with Crippen molar-refractivity contribution >= 4 is 5.78 Å². The van der Waals surface area contributed by atoms with E-state index in [1.54, 1.807) is 0 Å². The Kier molecular flexibility index (Phi) is 7.42. The molecule has 0 unspecified atom stereocenters. The predicted molar refractivity (Wildman–Crippen MR) is 127 cm³/mol. The molecule has 0 atom stereocenters. The van der Waals surface area contributed by atoms with Crippen LogP contribution in [0, 0.1) is 5.92 Å². The Hall–Kier alpha value is -1.89. The van der Waals surface area contributed by atoms with Gasteiger partial charge in [0.25, 0.3) is 0 Å². The van der Waals surface area contributed by atoms with Gasteiger partial charge in [-0.15, -0.1) is 0 Å². The van der Waals surface area contributed by atoms with Gasteiger partial charge >= 0.3 is 0 Å². The Morgan fingerprint density at radius 3 is 1.67 bits per heavy atom. The fourth-order valence-corrected chi connectivity index (χ4v) is 5.64. The zero-order valence-electron chi connectivity index (χ0n) is 18.7. The first-order valence-electron chi connectivity index (χ1n) is 12.4. The number of Topliss-reactive ketones (excluding diaryl/α,β-unsaturated/α-hetero) is 1. The van der Waals surface area contributed by atoms with Gasteiger partial charge in [0.1, 0.15) is 5.78 Å². The molecule has 0 aliphatic heterocycles. The molecule has 0 N–H and O–H groups in total. The van der Waals surface area contributed by atoms with Crippen LogP contribution in [0.1, 0.15) is 107 Å². The first-order valence-corrected chi connectivity index (χ1v) is 12.4. The minimum absolute atomic E-state index is 0.438. The molecule has 2 fully saturated rings. The quantitative estimate of drug-likeness (QED) is 0.425. The average Bonchev–Trinajstić information content (AvgIpc) is 2.81. The van der Waals surface area contributed by atoms with Crippen LogP contribution in [-0.2, 0) is 4.79 Å². The SMILES string of the molecule is CCCCCC1CCC(c2ccc(-c3ccc(C4CCC(=O)CC4)cc3)cc2)CC1. The van der Waals surface area contributed by atoms with Crippen LogP contribution in [0.4, 0.5) is 0 Å². The highest BCUT2D eigenvalue weighted by molar-refractivity contribution is 5.79. The average molecular weight is 403 g/mol. The zero-order valence-corrected chi connectivity index (χ0v) is 18.7. The van der Waals surface area contributed by atoms with Crippen molar-refractivity contribution in [1.82, 2.24) is 0 Å². The largest absolute Gasteiger partial charge is 0.300 e. The molecular formula is C29H38O. The predicted octanol–water partition coefficient (Wildman–Crippen LogP) is 8.43. The van der Waals surface area contributed by atoms with Gasteiger partial charge in [0.15, 0.2) is 0 Å². The Labute approximate surface area is 183 Å². The maximum Gasteiger partial charge on any atom is 0.132 e. The maximum atomic E-state index is 11.5. The topological polar surface area (TPSA) is 17.1 Å². The van der Waals surface area contributed by atoms with Gasteiger partial charge in [0.05, 0.1) is 0 Å². The molecule has 2 aliphatic rings. The number of ketones is 1. The van der Waals surface area contributed by atoms with E-state index >= 15 is 0 Å². The van der Waals surface area contributed by atoms with Gasteiger partial charge in [0.2, 0.25) is 0 Å². The van der Waals surface area contributed by atoms with Crippen molar-refractivity contribution in [1.29, 1.82) is 0 Å². The molecule has 1 nitrogen and oxygen atoms in total. The summed E-state index contributed by atoms with van der Waals surface area (Å²) in [7, 11) is 0. The van der Waals surface area contributed by atoms with Crippen LogP contribution in [0.25, 0.3) is 11.1 Å². The summed E-state index contributed by atoms with van der Waals surface area (Å²) in [4.78, 5) is 11.5. The maximum absolute atomic E-state index is 11.5. The van der Waals surface area contributed by atoms with E-state index < -0.39 is 0 Å². The van der Waals surface area contributed by atoms with Crippen molar-refractivity contribution in [2.24, 2.45) is 5.92 Å². The normalized spacial score (nSPS) is 22.9. The second-order valence-electron chi connectivity index (χ2n) is 9.77. The number of rotatable bonds is 7. The molecule has 0 amide bonds. The molecule has 2 aromatic carbocycles. The molecule has 0 aromatic heterocycles. The fourth-order valence-electron chi connectivity index (χ4n) is 5.64. The second kappa shape index (κ2) is 10.4. The second-order valence-corrected chi connectivity index (χ2v) is 9.77. The molecule has 0 heterocycles. The molecule has 30 heavy (non-hydrogen) atoms. The summed E-state index contributed by atoms with van der Waals surface area (Å²) in [6, 6.07) is 18.5. The van der Waals surface area contributed by atoms with Crippen molar-refractivity contribution < 1.29 is 4.79 Å². The van der Waals surface area contributed by atoms with Gasteiger partial charge in [0, 0.05) is 12.8 Å². The summed E-state index contributed by atoms with van der Waals surface area (Å²) in [6.07, 6.45) is 14.8. The van der Waals surface area contributed by atoms with E-state index in [-0.39, 0.29) is 0 Å². The fraction of sp³-hybridized carbons (Fsp3) is 0.552.